The molecule has 0 bridgehead atoms. The summed E-state index contributed by atoms with van der Waals surface area (Å²) >= 11 is 5.90. The molecule has 4 nitrogen and oxygen atoms in total. The number of carbonyl (C=O) groups excluding carboxylic acids is 1. The topological polar surface area (TPSA) is 62.2 Å². The summed E-state index contributed by atoms with van der Waals surface area (Å²) in [5.41, 5.74) is 2.72. The van der Waals surface area contributed by atoms with Gasteiger partial charge >= 0.3 is 0 Å². The monoisotopic (exact) mass is 290 g/mol. The highest BCUT2D eigenvalue weighted by Crippen LogP contribution is 2.15. The van der Waals surface area contributed by atoms with Crippen molar-refractivity contribution in [1.82, 2.24) is 4.98 Å². The van der Waals surface area contributed by atoms with E-state index in [0.29, 0.717) is 22.8 Å². The van der Waals surface area contributed by atoms with Gasteiger partial charge < -0.3 is 10.4 Å². The second-order valence-corrected chi connectivity index (χ2v) is 4.72. The summed E-state index contributed by atoms with van der Waals surface area (Å²) in [7, 11) is 0. The van der Waals surface area contributed by atoms with E-state index in [9.17, 15) is 4.79 Å². The lowest BCUT2D eigenvalue weighted by Gasteiger charge is -2.07. The highest BCUT2D eigenvalue weighted by Gasteiger charge is 2.09. The number of aromatic nitrogens is 1. The SMILES string of the molecule is CCc1cc(C(=O)Nc2ccc(CO)cc2)cc(Cl)n1. The van der Waals surface area contributed by atoms with E-state index in [0.717, 1.165) is 11.3 Å². The van der Waals surface area contributed by atoms with E-state index in [-0.39, 0.29) is 12.5 Å². The molecule has 1 amide bonds. The van der Waals surface area contributed by atoms with Crippen LogP contribution >= 0.6 is 11.6 Å². The van der Waals surface area contributed by atoms with Crippen molar-refractivity contribution in [2.75, 3.05) is 5.32 Å². The predicted molar refractivity (Wildman–Crippen MR) is 78.9 cm³/mol. The van der Waals surface area contributed by atoms with Gasteiger partial charge in [-0.1, -0.05) is 30.7 Å². The van der Waals surface area contributed by atoms with Gasteiger partial charge in [0.15, 0.2) is 0 Å². The van der Waals surface area contributed by atoms with Crippen LogP contribution in [0, 0.1) is 0 Å². The first kappa shape index (κ1) is 14.5. The molecular weight excluding hydrogens is 276 g/mol. The first-order valence-corrected chi connectivity index (χ1v) is 6.67. The van der Waals surface area contributed by atoms with Crippen LogP contribution < -0.4 is 5.32 Å². The standard InChI is InChI=1S/C15H15ClN2O2/c1-2-12-7-11(8-14(16)17-12)15(20)18-13-5-3-10(9-19)4-6-13/h3-8,19H,2,9H2,1H3,(H,18,20). The van der Waals surface area contributed by atoms with E-state index < -0.39 is 0 Å². The van der Waals surface area contributed by atoms with Crippen molar-refractivity contribution in [3.63, 3.8) is 0 Å². The number of aliphatic hydroxyl groups is 1. The zero-order chi connectivity index (χ0) is 14.5. The van der Waals surface area contributed by atoms with Crippen LogP contribution in [0.25, 0.3) is 0 Å². The number of hydrogen-bond acceptors (Lipinski definition) is 3. The molecule has 0 aliphatic carbocycles. The van der Waals surface area contributed by atoms with Gasteiger partial charge in [-0.05, 0) is 36.2 Å². The molecule has 0 saturated carbocycles. The number of nitrogens with zero attached hydrogens (tertiary/aromatic N) is 1. The lowest BCUT2D eigenvalue weighted by atomic mass is 10.1. The third kappa shape index (κ3) is 3.56. The average Bonchev–Trinajstić information content (AvgIpc) is 2.47. The molecule has 1 aromatic heterocycles. The van der Waals surface area contributed by atoms with Gasteiger partial charge in [-0.3, -0.25) is 4.79 Å². The third-order valence-electron chi connectivity index (χ3n) is 2.87. The molecule has 0 unspecified atom stereocenters. The average molecular weight is 291 g/mol. The number of rotatable bonds is 4. The number of anilines is 1. The minimum absolute atomic E-state index is 0.0198. The van der Waals surface area contributed by atoms with Crippen LogP contribution in [-0.4, -0.2) is 16.0 Å². The van der Waals surface area contributed by atoms with Crippen LogP contribution in [0.2, 0.25) is 5.15 Å². The quantitative estimate of drug-likeness (QED) is 0.851. The van der Waals surface area contributed by atoms with Crippen molar-refractivity contribution in [3.05, 3.63) is 58.4 Å². The summed E-state index contributed by atoms with van der Waals surface area (Å²) in [4.78, 5) is 16.3. The molecule has 0 spiro atoms. The van der Waals surface area contributed by atoms with Gasteiger partial charge in [0, 0.05) is 16.9 Å². The summed E-state index contributed by atoms with van der Waals surface area (Å²) in [5, 5.41) is 12.1. The fraction of sp³-hybridized carbons (Fsp3) is 0.200. The van der Waals surface area contributed by atoms with Crippen LogP contribution in [0.1, 0.15) is 28.5 Å². The van der Waals surface area contributed by atoms with Gasteiger partial charge in [-0.2, -0.15) is 0 Å². The molecule has 0 fully saturated rings. The van der Waals surface area contributed by atoms with Gasteiger partial charge in [-0.25, -0.2) is 4.98 Å². The first-order valence-electron chi connectivity index (χ1n) is 6.30. The molecule has 0 radical (unpaired) electrons. The van der Waals surface area contributed by atoms with Gasteiger partial charge in [0.25, 0.3) is 5.91 Å². The molecular formula is C15H15ClN2O2. The number of aliphatic hydroxyl groups excluding tert-OH is 1. The largest absolute Gasteiger partial charge is 0.392 e. The Bertz CT molecular complexity index is 612. The van der Waals surface area contributed by atoms with Gasteiger partial charge in [0.1, 0.15) is 5.15 Å². The van der Waals surface area contributed by atoms with Crippen molar-refractivity contribution in [3.8, 4) is 0 Å². The molecule has 0 aliphatic heterocycles. The third-order valence-corrected chi connectivity index (χ3v) is 3.06. The van der Waals surface area contributed by atoms with Crippen LogP contribution in [0.5, 0.6) is 0 Å². The zero-order valence-corrected chi connectivity index (χ0v) is 11.8. The maximum atomic E-state index is 12.1. The lowest BCUT2D eigenvalue weighted by molar-refractivity contribution is 0.102. The summed E-state index contributed by atoms with van der Waals surface area (Å²) in [6, 6.07) is 10.3. The second kappa shape index (κ2) is 6.50. The maximum Gasteiger partial charge on any atom is 0.255 e. The van der Waals surface area contributed by atoms with Crippen LogP contribution in [0.3, 0.4) is 0 Å². The number of nitrogens with one attached hydrogen (secondary N) is 1. The van der Waals surface area contributed by atoms with Crippen molar-refractivity contribution in [2.45, 2.75) is 20.0 Å². The van der Waals surface area contributed by atoms with E-state index in [4.69, 9.17) is 16.7 Å². The molecule has 0 atom stereocenters. The minimum atomic E-state index is -0.235. The van der Waals surface area contributed by atoms with Gasteiger partial charge in [0.2, 0.25) is 0 Å². The summed E-state index contributed by atoms with van der Waals surface area (Å²) in [6.45, 7) is 1.93. The van der Waals surface area contributed by atoms with Crippen LogP contribution in [-0.2, 0) is 13.0 Å². The van der Waals surface area contributed by atoms with Gasteiger partial charge in [0.05, 0.1) is 6.61 Å². The smallest absolute Gasteiger partial charge is 0.255 e. The van der Waals surface area contributed by atoms with Crippen molar-refractivity contribution in [2.24, 2.45) is 0 Å². The lowest BCUT2D eigenvalue weighted by Crippen LogP contribution is -2.12. The fourth-order valence-corrected chi connectivity index (χ4v) is 1.99. The maximum absolute atomic E-state index is 12.1. The molecule has 2 N–H and O–H groups in total. The molecule has 1 heterocycles. The van der Waals surface area contributed by atoms with Crippen molar-refractivity contribution >= 4 is 23.2 Å². The second-order valence-electron chi connectivity index (χ2n) is 4.33. The molecule has 20 heavy (non-hydrogen) atoms. The van der Waals surface area contributed by atoms with Crippen molar-refractivity contribution in [1.29, 1.82) is 0 Å². The summed E-state index contributed by atoms with van der Waals surface area (Å²) in [6.07, 6.45) is 0.714. The molecule has 1 aromatic carbocycles. The number of carbonyl (C=O) groups is 1. The number of amides is 1. The Kier molecular flexibility index (Phi) is 4.71. The van der Waals surface area contributed by atoms with E-state index in [1.807, 2.05) is 6.92 Å². The highest BCUT2D eigenvalue weighted by molar-refractivity contribution is 6.29. The first-order chi connectivity index (χ1) is 9.62. The fourth-order valence-electron chi connectivity index (χ4n) is 1.76. The molecule has 0 saturated heterocycles. The number of aryl methyl sites for hydroxylation is 1. The minimum Gasteiger partial charge on any atom is -0.392 e. The Balaban J connectivity index is 2.16. The Morgan fingerprint density at radius 3 is 2.60 bits per heavy atom. The molecule has 0 aliphatic rings. The van der Waals surface area contributed by atoms with Crippen LogP contribution in [0.4, 0.5) is 5.69 Å². The number of halogens is 1. The van der Waals surface area contributed by atoms with E-state index >= 15 is 0 Å². The molecule has 104 valence electrons. The molecule has 2 rings (SSSR count). The van der Waals surface area contributed by atoms with E-state index in [1.165, 1.54) is 6.07 Å². The normalized spacial score (nSPS) is 10.3. The number of hydrogen-bond donors (Lipinski definition) is 2. The Hall–Kier alpha value is -1.91. The van der Waals surface area contributed by atoms with Crippen molar-refractivity contribution < 1.29 is 9.90 Å². The number of pyridine rings is 1. The van der Waals surface area contributed by atoms with E-state index in [2.05, 4.69) is 10.3 Å². The molecule has 2 aromatic rings. The zero-order valence-electron chi connectivity index (χ0n) is 11.1. The van der Waals surface area contributed by atoms with Gasteiger partial charge in [-0.15, -0.1) is 0 Å². The molecule has 5 heteroatoms. The Labute approximate surface area is 122 Å². The highest BCUT2D eigenvalue weighted by atomic mass is 35.5. The summed E-state index contributed by atoms with van der Waals surface area (Å²) in [5.74, 6) is -0.235. The van der Waals surface area contributed by atoms with Crippen LogP contribution in [0.15, 0.2) is 36.4 Å². The Morgan fingerprint density at radius 1 is 1.30 bits per heavy atom. The Morgan fingerprint density at radius 2 is 2.00 bits per heavy atom. The number of benzene rings is 1. The predicted octanol–water partition coefficient (Wildman–Crippen LogP) is 3.04. The summed E-state index contributed by atoms with van der Waals surface area (Å²) < 4.78 is 0. The van der Waals surface area contributed by atoms with E-state index in [1.54, 1.807) is 30.3 Å².